The topological polar surface area (TPSA) is 63.4 Å². The summed E-state index contributed by atoms with van der Waals surface area (Å²) in [6.45, 7) is 0.617. The van der Waals surface area contributed by atoms with Crippen molar-refractivity contribution in [2.75, 3.05) is 20.1 Å². The summed E-state index contributed by atoms with van der Waals surface area (Å²) < 4.78 is 26.1. The molecule has 2 N–H and O–H groups in total. The van der Waals surface area contributed by atoms with Crippen LogP contribution in [0, 0.1) is 0 Å². The number of halogens is 1. The van der Waals surface area contributed by atoms with Gasteiger partial charge in [-0.3, -0.25) is 0 Å². The molecule has 2 rings (SSSR count). The zero-order valence-electron chi connectivity index (χ0n) is 10.6. The molecule has 0 atom stereocenters. The Balaban J connectivity index is 0.00000180. The minimum atomic E-state index is -3.47. The molecule has 104 valence electrons. The second-order valence-corrected chi connectivity index (χ2v) is 6.11. The number of sulfonamides is 1. The van der Waals surface area contributed by atoms with Crippen LogP contribution in [0.1, 0.15) is 0 Å². The van der Waals surface area contributed by atoms with E-state index >= 15 is 0 Å². The van der Waals surface area contributed by atoms with Crippen molar-refractivity contribution in [2.45, 2.75) is 4.90 Å². The number of fused-ring (bicyclic) bond motifs is 1. The van der Waals surface area contributed by atoms with Gasteiger partial charge >= 0.3 is 0 Å². The Labute approximate surface area is 119 Å². The van der Waals surface area contributed by atoms with Crippen LogP contribution in [0.2, 0.25) is 0 Å². The molecule has 0 saturated heterocycles. The lowest BCUT2D eigenvalue weighted by Crippen LogP contribution is -2.31. The van der Waals surface area contributed by atoms with Crippen molar-refractivity contribution >= 4 is 33.2 Å². The van der Waals surface area contributed by atoms with E-state index in [1.807, 2.05) is 30.3 Å². The maximum atomic E-state index is 12.4. The molecule has 0 aliphatic heterocycles. The Morgan fingerprint density at radius 3 is 2.42 bits per heavy atom. The number of hydrogen-bond donors (Lipinski definition) is 1. The van der Waals surface area contributed by atoms with E-state index in [2.05, 4.69) is 0 Å². The second-order valence-electron chi connectivity index (χ2n) is 4.09. The summed E-state index contributed by atoms with van der Waals surface area (Å²) in [7, 11) is -1.93. The van der Waals surface area contributed by atoms with Crippen molar-refractivity contribution in [3.63, 3.8) is 0 Å². The normalized spacial score (nSPS) is 11.5. The molecule has 0 unspecified atom stereocenters. The highest BCUT2D eigenvalue weighted by Gasteiger charge is 2.21. The molecule has 0 heterocycles. The molecule has 0 aliphatic carbocycles. The van der Waals surface area contributed by atoms with Crippen molar-refractivity contribution < 1.29 is 8.42 Å². The fourth-order valence-corrected chi connectivity index (χ4v) is 3.29. The van der Waals surface area contributed by atoms with Crippen LogP contribution >= 0.6 is 12.4 Å². The van der Waals surface area contributed by atoms with Crippen molar-refractivity contribution in [1.82, 2.24) is 4.31 Å². The van der Waals surface area contributed by atoms with Gasteiger partial charge in [-0.2, -0.15) is 4.31 Å². The standard InChI is InChI=1S/C13H16N2O2S.ClH/c1-15(10-9-14)18(16,17)13-8-4-6-11-5-2-3-7-12(11)13;/h2-8H,9-10,14H2,1H3;1H. The summed E-state index contributed by atoms with van der Waals surface area (Å²) >= 11 is 0. The van der Waals surface area contributed by atoms with E-state index in [1.54, 1.807) is 19.2 Å². The van der Waals surface area contributed by atoms with Gasteiger partial charge < -0.3 is 5.73 Å². The van der Waals surface area contributed by atoms with Gasteiger partial charge in [0.1, 0.15) is 0 Å². The molecule has 0 aliphatic rings. The highest BCUT2D eigenvalue weighted by molar-refractivity contribution is 7.89. The molecular weight excluding hydrogens is 284 g/mol. The maximum absolute atomic E-state index is 12.4. The van der Waals surface area contributed by atoms with Crippen LogP contribution in [0.3, 0.4) is 0 Å². The van der Waals surface area contributed by atoms with Crippen molar-refractivity contribution in [3.8, 4) is 0 Å². The van der Waals surface area contributed by atoms with E-state index < -0.39 is 10.0 Å². The molecular formula is C13H17ClN2O2S. The summed E-state index contributed by atoms with van der Waals surface area (Å²) in [4.78, 5) is 0.330. The molecule has 6 heteroatoms. The predicted octanol–water partition coefficient (Wildman–Crippen LogP) is 1.84. The average Bonchev–Trinajstić information content (AvgIpc) is 2.38. The van der Waals surface area contributed by atoms with Crippen LogP contribution in [-0.4, -0.2) is 32.9 Å². The first-order chi connectivity index (χ1) is 8.57. The number of rotatable bonds is 4. The van der Waals surface area contributed by atoms with Crippen LogP contribution < -0.4 is 5.73 Å². The van der Waals surface area contributed by atoms with Gasteiger partial charge in [0.05, 0.1) is 4.90 Å². The third kappa shape index (κ3) is 3.06. The molecule has 0 radical (unpaired) electrons. The molecule has 0 aromatic heterocycles. The fraction of sp³-hybridized carbons (Fsp3) is 0.231. The first-order valence-electron chi connectivity index (χ1n) is 5.71. The third-order valence-electron chi connectivity index (χ3n) is 2.88. The highest BCUT2D eigenvalue weighted by atomic mass is 35.5. The van der Waals surface area contributed by atoms with E-state index in [0.717, 1.165) is 10.8 Å². The number of nitrogens with two attached hydrogens (primary N) is 1. The van der Waals surface area contributed by atoms with Gasteiger partial charge in [0.2, 0.25) is 10.0 Å². The molecule has 0 spiro atoms. The smallest absolute Gasteiger partial charge is 0.243 e. The van der Waals surface area contributed by atoms with Crippen molar-refractivity contribution in [3.05, 3.63) is 42.5 Å². The van der Waals surface area contributed by atoms with Gasteiger partial charge in [-0.15, -0.1) is 12.4 Å². The lowest BCUT2D eigenvalue weighted by atomic mass is 10.1. The Morgan fingerprint density at radius 2 is 1.74 bits per heavy atom. The Morgan fingerprint density at radius 1 is 1.11 bits per heavy atom. The van der Waals surface area contributed by atoms with E-state index in [4.69, 9.17) is 5.73 Å². The van der Waals surface area contributed by atoms with Crippen molar-refractivity contribution in [2.24, 2.45) is 5.73 Å². The highest BCUT2D eigenvalue weighted by Crippen LogP contribution is 2.24. The zero-order chi connectivity index (χ0) is 13.2. The number of likely N-dealkylation sites (N-methyl/N-ethyl adjacent to an activating group) is 1. The Bertz CT molecular complexity index is 653. The molecule has 0 fully saturated rings. The third-order valence-corrected chi connectivity index (χ3v) is 4.80. The van der Waals surface area contributed by atoms with Gasteiger partial charge in [-0.05, 0) is 11.5 Å². The van der Waals surface area contributed by atoms with Gasteiger partial charge in [-0.25, -0.2) is 8.42 Å². The quantitative estimate of drug-likeness (QED) is 0.937. The van der Waals surface area contributed by atoms with Gasteiger partial charge in [0, 0.05) is 25.5 Å². The number of benzene rings is 2. The van der Waals surface area contributed by atoms with E-state index in [-0.39, 0.29) is 12.4 Å². The van der Waals surface area contributed by atoms with Crippen LogP contribution in [0.4, 0.5) is 0 Å². The summed E-state index contributed by atoms with van der Waals surface area (Å²) in [5, 5.41) is 1.66. The molecule has 2 aromatic carbocycles. The summed E-state index contributed by atoms with van der Waals surface area (Å²) in [5.74, 6) is 0. The number of hydrogen-bond acceptors (Lipinski definition) is 3. The molecule has 0 saturated carbocycles. The maximum Gasteiger partial charge on any atom is 0.243 e. The van der Waals surface area contributed by atoms with Crippen LogP contribution in [0.15, 0.2) is 47.4 Å². The molecule has 19 heavy (non-hydrogen) atoms. The van der Waals surface area contributed by atoms with Gasteiger partial charge in [-0.1, -0.05) is 36.4 Å². The Hall–Kier alpha value is -1.14. The largest absolute Gasteiger partial charge is 0.329 e. The molecule has 0 amide bonds. The van der Waals surface area contributed by atoms with E-state index in [9.17, 15) is 8.42 Å². The van der Waals surface area contributed by atoms with Gasteiger partial charge in [0.25, 0.3) is 0 Å². The van der Waals surface area contributed by atoms with Crippen molar-refractivity contribution in [1.29, 1.82) is 0 Å². The molecule has 4 nitrogen and oxygen atoms in total. The van der Waals surface area contributed by atoms with Crippen LogP contribution in [0.25, 0.3) is 10.8 Å². The zero-order valence-corrected chi connectivity index (χ0v) is 12.2. The van der Waals surface area contributed by atoms with Crippen LogP contribution in [0.5, 0.6) is 0 Å². The second kappa shape index (κ2) is 6.34. The summed E-state index contributed by atoms with van der Waals surface area (Å²) in [6, 6.07) is 12.7. The van der Waals surface area contributed by atoms with Crippen LogP contribution in [-0.2, 0) is 10.0 Å². The predicted molar refractivity (Wildman–Crippen MR) is 80.1 cm³/mol. The minimum absolute atomic E-state index is 0. The SMILES string of the molecule is CN(CCN)S(=O)(=O)c1cccc2ccccc12.Cl. The lowest BCUT2D eigenvalue weighted by Gasteiger charge is -2.17. The monoisotopic (exact) mass is 300 g/mol. The lowest BCUT2D eigenvalue weighted by molar-refractivity contribution is 0.477. The average molecular weight is 301 g/mol. The first-order valence-corrected chi connectivity index (χ1v) is 7.15. The van der Waals surface area contributed by atoms with Gasteiger partial charge in [0.15, 0.2) is 0 Å². The van der Waals surface area contributed by atoms with E-state index in [0.29, 0.717) is 18.0 Å². The van der Waals surface area contributed by atoms with E-state index in [1.165, 1.54) is 4.31 Å². The number of nitrogens with zero attached hydrogens (tertiary/aromatic N) is 1. The first kappa shape index (κ1) is 15.9. The Kier molecular flexibility index (Phi) is 5.31. The fourth-order valence-electron chi connectivity index (χ4n) is 1.89. The molecule has 0 bridgehead atoms. The summed E-state index contributed by atoms with van der Waals surface area (Å²) in [6.07, 6.45) is 0. The summed E-state index contributed by atoms with van der Waals surface area (Å²) in [5.41, 5.74) is 5.41. The molecule has 2 aromatic rings. The minimum Gasteiger partial charge on any atom is -0.329 e.